The minimum absolute atomic E-state index is 0.276. The number of nitrogens with zero attached hydrogens (tertiary/aromatic N) is 2. The molecule has 0 fully saturated rings. The van der Waals surface area contributed by atoms with Gasteiger partial charge in [0.05, 0.1) is 5.56 Å². The standard InChI is InChI=1S/C14H10ClN3O/c15-11-5-3-9(4-6-11)13-12(14(16)19-18-13)10-2-1-7-17-8-10/h1-8H,16H2. The summed E-state index contributed by atoms with van der Waals surface area (Å²) in [5, 5.41) is 4.69. The number of aromatic nitrogens is 2. The van der Waals surface area contributed by atoms with Crippen molar-refractivity contribution in [2.75, 3.05) is 5.73 Å². The van der Waals surface area contributed by atoms with Crippen LogP contribution in [0.4, 0.5) is 5.88 Å². The SMILES string of the molecule is Nc1onc(-c2ccc(Cl)cc2)c1-c1cccnc1. The number of anilines is 1. The Morgan fingerprint density at radius 1 is 1.05 bits per heavy atom. The molecule has 0 saturated carbocycles. The van der Waals surface area contributed by atoms with Gasteiger partial charge in [-0.2, -0.15) is 0 Å². The number of benzene rings is 1. The molecule has 2 N–H and O–H groups in total. The van der Waals surface area contributed by atoms with Crippen molar-refractivity contribution in [3.63, 3.8) is 0 Å². The molecule has 3 rings (SSSR count). The van der Waals surface area contributed by atoms with Gasteiger partial charge in [-0.1, -0.05) is 35.0 Å². The van der Waals surface area contributed by atoms with Crippen LogP contribution in [0.2, 0.25) is 5.02 Å². The molecule has 0 amide bonds. The molecule has 0 aliphatic carbocycles. The van der Waals surface area contributed by atoms with E-state index in [9.17, 15) is 0 Å². The smallest absolute Gasteiger partial charge is 0.230 e. The number of hydrogen-bond donors (Lipinski definition) is 1. The Kier molecular flexibility index (Phi) is 2.93. The van der Waals surface area contributed by atoms with E-state index in [2.05, 4.69) is 10.1 Å². The van der Waals surface area contributed by atoms with E-state index in [0.717, 1.165) is 16.7 Å². The molecule has 0 spiro atoms. The van der Waals surface area contributed by atoms with Gasteiger partial charge in [0.1, 0.15) is 5.69 Å². The van der Waals surface area contributed by atoms with Crippen LogP contribution < -0.4 is 5.73 Å². The zero-order valence-corrected chi connectivity index (χ0v) is 10.6. The molecule has 2 heterocycles. The van der Waals surface area contributed by atoms with Gasteiger partial charge in [0, 0.05) is 28.5 Å². The van der Waals surface area contributed by atoms with E-state index in [1.807, 2.05) is 24.3 Å². The maximum atomic E-state index is 5.88. The maximum Gasteiger partial charge on any atom is 0.230 e. The fourth-order valence-corrected chi connectivity index (χ4v) is 2.02. The predicted molar refractivity (Wildman–Crippen MR) is 74.6 cm³/mol. The van der Waals surface area contributed by atoms with Crippen molar-refractivity contribution in [1.82, 2.24) is 10.1 Å². The molecule has 3 aromatic rings. The Labute approximate surface area is 114 Å². The van der Waals surface area contributed by atoms with Crippen LogP contribution in [-0.2, 0) is 0 Å². The molecule has 94 valence electrons. The molecule has 0 radical (unpaired) electrons. The van der Waals surface area contributed by atoms with E-state index in [1.54, 1.807) is 24.5 Å². The second-order valence-corrected chi connectivity index (χ2v) is 4.46. The molecule has 0 saturated heterocycles. The first-order valence-electron chi connectivity index (χ1n) is 5.67. The highest BCUT2D eigenvalue weighted by Gasteiger charge is 2.17. The quantitative estimate of drug-likeness (QED) is 0.773. The van der Waals surface area contributed by atoms with Crippen molar-refractivity contribution < 1.29 is 4.52 Å². The summed E-state index contributed by atoms with van der Waals surface area (Å²) in [4.78, 5) is 4.08. The number of rotatable bonds is 2. The van der Waals surface area contributed by atoms with Crippen molar-refractivity contribution in [2.24, 2.45) is 0 Å². The minimum Gasteiger partial charge on any atom is -0.367 e. The van der Waals surface area contributed by atoms with E-state index in [4.69, 9.17) is 21.9 Å². The first-order valence-corrected chi connectivity index (χ1v) is 6.05. The monoisotopic (exact) mass is 271 g/mol. The summed E-state index contributed by atoms with van der Waals surface area (Å²) >= 11 is 5.88. The first-order chi connectivity index (χ1) is 9.25. The summed E-state index contributed by atoms with van der Waals surface area (Å²) in [5.74, 6) is 0.276. The minimum atomic E-state index is 0.276. The third kappa shape index (κ3) is 2.18. The topological polar surface area (TPSA) is 64.9 Å². The molecular formula is C14H10ClN3O. The summed E-state index contributed by atoms with van der Waals surface area (Å²) in [7, 11) is 0. The highest BCUT2D eigenvalue weighted by atomic mass is 35.5. The number of nitrogens with two attached hydrogens (primary N) is 1. The lowest BCUT2D eigenvalue weighted by Gasteiger charge is -2.02. The summed E-state index contributed by atoms with van der Waals surface area (Å²) in [5.41, 5.74) is 9.05. The third-order valence-electron chi connectivity index (χ3n) is 2.79. The van der Waals surface area contributed by atoms with E-state index in [0.29, 0.717) is 10.7 Å². The van der Waals surface area contributed by atoms with Gasteiger partial charge in [0.25, 0.3) is 0 Å². The molecule has 0 aliphatic rings. The maximum absolute atomic E-state index is 5.88. The fraction of sp³-hybridized carbons (Fsp3) is 0. The van der Waals surface area contributed by atoms with Gasteiger partial charge in [-0.15, -0.1) is 0 Å². The van der Waals surface area contributed by atoms with Gasteiger partial charge in [-0.05, 0) is 18.2 Å². The van der Waals surface area contributed by atoms with Crippen LogP contribution in [0, 0.1) is 0 Å². The van der Waals surface area contributed by atoms with Gasteiger partial charge in [-0.3, -0.25) is 4.98 Å². The average Bonchev–Trinajstić information content (AvgIpc) is 2.82. The molecule has 2 aromatic heterocycles. The highest BCUT2D eigenvalue weighted by molar-refractivity contribution is 6.30. The summed E-state index contributed by atoms with van der Waals surface area (Å²) in [6, 6.07) is 11.1. The summed E-state index contributed by atoms with van der Waals surface area (Å²) in [6.45, 7) is 0. The van der Waals surface area contributed by atoms with Crippen LogP contribution in [0.3, 0.4) is 0 Å². The molecule has 0 bridgehead atoms. The Balaban J connectivity index is 2.16. The molecule has 0 aliphatic heterocycles. The van der Waals surface area contributed by atoms with Crippen LogP contribution in [0.25, 0.3) is 22.4 Å². The van der Waals surface area contributed by atoms with E-state index in [1.165, 1.54) is 0 Å². The summed E-state index contributed by atoms with van der Waals surface area (Å²) < 4.78 is 5.10. The van der Waals surface area contributed by atoms with Crippen molar-refractivity contribution in [3.05, 3.63) is 53.8 Å². The Morgan fingerprint density at radius 3 is 2.53 bits per heavy atom. The lowest BCUT2D eigenvalue weighted by Crippen LogP contribution is -1.88. The molecule has 0 atom stereocenters. The zero-order chi connectivity index (χ0) is 13.2. The zero-order valence-electron chi connectivity index (χ0n) is 9.88. The van der Waals surface area contributed by atoms with Gasteiger partial charge in [0.2, 0.25) is 5.88 Å². The van der Waals surface area contributed by atoms with Crippen molar-refractivity contribution >= 4 is 17.5 Å². The molecule has 0 unspecified atom stereocenters. The Morgan fingerprint density at radius 2 is 1.84 bits per heavy atom. The largest absolute Gasteiger partial charge is 0.367 e. The van der Waals surface area contributed by atoms with E-state index in [-0.39, 0.29) is 5.88 Å². The van der Waals surface area contributed by atoms with Gasteiger partial charge in [0.15, 0.2) is 0 Å². The molecule has 1 aromatic carbocycles. The lowest BCUT2D eigenvalue weighted by molar-refractivity contribution is 0.439. The average molecular weight is 272 g/mol. The van der Waals surface area contributed by atoms with Crippen LogP contribution in [0.5, 0.6) is 0 Å². The second kappa shape index (κ2) is 4.74. The number of hydrogen-bond acceptors (Lipinski definition) is 4. The van der Waals surface area contributed by atoms with E-state index >= 15 is 0 Å². The second-order valence-electron chi connectivity index (χ2n) is 4.02. The number of nitrogen functional groups attached to an aromatic ring is 1. The first kappa shape index (κ1) is 11.7. The third-order valence-corrected chi connectivity index (χ3v) is 3.04. The number of halogens is 1. The molecule has 4 nitrogen and oxygen atoms in total. The van der Waals surface area contributed by atoms with Crippen LogP contribution in [-0.4, -0.2) is 10.1 Å². The van der Waals surface area contributed by atoms with Gasteiger partial charge < -0.3 is 10.3 Å². The van der Waals surface area contributed by atoms with E-state index < -0.39 is 0 Å². The van der Waals surface area contributed by atoms with Crippen LogP contribution in [0.15, 0.2) is 53.3 Å². The Bertz CT molecular complexity index is 692. The molecule has 5 heteroatoms. The van der Waals surface area contributed by atoms with Crippen molar-refractivity contribution in [2.45, 2.75) is 0 Å². The van der Waals surface area contributed by atoms with Crippen molar-refractivity contribution in [3.8, 4) is 22.4 Å². The lowest BCUT2D eigenvalue weighted by atomic mass is 10.0. The Hall–Kier alpha value is -2.33. The van der Waals surface area contributed by atoms with Gasteiger partial charge in [-0.25, -0.2) is 0 Å². The molecular weight excluding hydrogens is 262 g/mol. The van der Waals surface area contributed by atoms with Crippen LogP contribution >= 0.6 is 11.6 Å². The van der Waals surface area contributed by atoms with Gasteiger partial charge >= 0.3 is 0 Å². The van der Waals surface area contributed by atoms with Crippen LogP contribution in [0.1, 0.15) is 0 Å². The highest BCUT2D eigenvalue weighted by Crippen LogP contribution is 2.35. The predicted octanol–water partition coefficient (Wildman–Crippen LogP) is 3.64. The fourth-order valence-electron chi connectivity index (χ4n) is 1.90. The number of pyridine rings is 1. The molecule has 19 heavy (non-hydrogen) atoms. The van der Waals surface area contributed by atoms with Crippen molar-refractivity contribution in [1.29, 1.82) is 0 Å². The normalized spacial score (nSPS) is 10.6. The summed E-state index contributed by atoms with van der Waals surface area (Å²) in [6.07, 6.45) is 3.43.